The lowest BCUT2D eigenvalue weighted by molar-refractivity contribution is 0.133. The molecule has 0 saturated heterocycles. The molecule has 0 fully saturated rings. The van der Waals surface area contributed by atoms with Gasteiger partial charge in [-0.2, -0.15) is 0 Å². The Bertz CT molecular complexity index is 228. The van der Waals surface area contributed by atoms with Gasteiger partial charge in [-0.1, -0.05) is 0 Å². The van der Waals surface area contributed by atoms with Crippen LogP contribution in [0.4, 0.5) is 0 Å². The van der Waals surface area contributed by atoms with Gasteiger partial charge in [0, 0.05) is 19.9 Å². The molecule has 0 saturated carbocycles. The second kappa shape index (κ2) is 5.61. The molecule has 0 amide bonds. The minimum atomic E-state index is -0.502. The molecular weight excluding hydrogens is 168 g/mol. The quantitative estimate of drug-likeness (QED) is 0.688. The highest BCUT2D eigenvalue weighted by atomic mass is 16.5. The van der Waals surface area contributed by atoms with Crippen LogP contribution in [0.25, 0.3) is 0 Å². The third kappa shape index (κ3) is 3.48. The van der Waals surface area contributed by atoms with Gasteiger partial charge in [-0.15, -0.1) is 0 Å². The smallest absolute Gasteiger partial charge is 0.115 e. The van der Waals surface area contributed by atoms with E-state index in [4.69, 9.17) is 4.74 Å². The molecule has 4 heteroatoms. The lowest BCUT2D eigenvalue weighted by atomic mass is 10.1. The van der Waals surface area contributed by atoms with Gasteiger partial charge in [0.05, 0.1) is 11.8 Å². The van der Waals surface area contributed by atoms with Crippen molar-refractivity contribution in [1.82, 2.24) is 9.97 Å². The fourth-order valence-corrected chi connectivity index (χ4v) is 1.07. The second-order valence-electron chi connectivity index (χ2n) is 2.79. The van der Waals surface area contributed by atoms with Crippen molar-refractivity contribution in [3.05, 3.63) is 24.3 Å². The Morgan fingerprint density at radius 3 is 3.08 bits per heavy atom. The van der Waals surface area contributed by atoms with E-state index in [2.05, 4.69) is 9.97 Å². The number of aromatic nitrogens is 2. The molecule has 0 radical (unpaired) electrons. The molecule has 72 valence electrons. The Kier molecular flexibility index (Phi) is 4.35. The lowest BCUT2D eigenvalue weighted by Crippen LogP contribution is -2.02. The van der Waals surface area contributed by atoms with E-state index >= 15 is 0 Å². The van der Waals surface area contributed by atoms with E-state index < -0.39 is 6.10 Å². The van der Waals surface area contributed by atoms with Gasteiger partial charge in [-0.05, 0) is 18.9 Å². The van der Waals surface area contributed by atoms with Crippen LogP contribution in [0.2, 0.25) is 0 Å². The first kappa shape index (κ1) is 10.1. The normalized spacial score (nSPS) is 12.8. The predicted molar refractivity (Wildman–Crippen MR) is 48.1 cm³/mol. The number of rotatable bonds is 5. The Balaban J connectivity index is 2.35. The topological polar surface area (TPSA) is 55.2 Å². The molecule has 1 rings (SSSR count). The van der Waals surface area contributed by atoms with Crippen LogP contribution in [0.3, 0.4) is 0 Å². The fraction of sp³-hybridized carbons (Fsp3) is 0.556. The summed E-state index contributed by atoms with van der Waals surface area (Å²) in [6, 6.07) is 1.72. The van der Waals surface area contributed by atoms with Gasteiger partial charge in [0.2, 0.25) is 0 Å². The molecule has 1 aromatic rings. The molecule has 1 unspecified atom stereocenters. The van der Waals surface area contributed by atoms with Crippen molar-refractivity contribution < 1.29 is 9.84 Å². The first-order valence-corrected chi connectivity index (χ1v) is 4.27. The number of nitrogens with zero attached hydrogens (tertiary/aromatic N) is 2. The number of aliphatic hydroxyl groups excluding tert-OH is 1. The van der Waals surface area contributed by atoms with E-state index in [9.17, 15) is 5.11 Å². The zero-order valence-corrected chi connectivity index (χ0v) is 7.68. The molecule has 4 nitrogen and oxygen atoms in total. The van der Waals surface area contributed by atoms with Crippen LogP contribution in [0, 0.1) is 0 Å². The summed E-state index contributed by atoms with van der Waals surface area (Å²) in [5.41, 5.74) is 0.672. The molecule has 1 N–H and O–H groups in total. The summed E-state index contributed by atoms with van der Waals surface area (Å²) in [6.45, 7) is 0.669. The van der Waals surface area contributed by atoms with Crippen molar-refractivity contribution in [2.75, 3.05) is 13.7 Å². The van der Waals surface area contributed by atoms with Crippen molar-refractivity contribution in [2.45, 2.75) is 18.9 Å². The Hall–Kier alpha value is -1.00. The van der Waals surface area contributed by atoms with Crippen LogP contribution in [0.15, 0.2) is 18.6 Å². The summed E-state index contributed by atoms with van der Waals surface area (Å²) < 4.78 is 4.88. The highest BCUT2D eigenvalue weighted by Gasteiger charge is 2.07. The van der Waals surface area contributed by atoms with Gasteiger partial charge in [-0.3, -0.25) is 0 Å². The SMILES string of the molecule is COCCCC(O)c1ccncn1. The number of hydrogen-bond acceptors (Lipinski definition) is 4. The monoisotopic (exact) mass is 182 g/mol. The summed E-state index contributed by atoms with van der Waals surface area (Å²) >= 11 is 0. The number of hydrogen-bond donors (Lipinski definition) is 1. The van der Waals surface area contributed by atoms with Crippen LogP contribution in [-0.4, -0.2) is 28.8 Å². The van der Waals surface area contributed by atoms with E-state index in [1.54, 1.807) is 19.4 Å². The van der Waals surface area contributed by atoms with Crippen LogP contribution < -0.4 is 0 Å². The average molecular weight is 182 g/mol. The minimum Gasteiger partial charge on any atom is -0.387 e. The van der Waals surface area contributed by atoms with Crippen LogP contribution >= 0.6 is 0 Å². The van der Waals surface area contributed by atoms with Gasteiger partial charge in [0.15, 0.2) is 0 Å². The largest absolute Gasteiger partial charge is 0.387 e. The lowest BCUT2D eigenvalue weighted by Gasteiger charge is -2.08. The third-order valence-electron chi connectivity index (χ3n) is 1.77. The molecule has 1 atom stereocenters. The van der Waals surface area contributed by atoms with E-state index in [1.807, 2.05) is 0 Å². The van der Waals surface area contributed by atoms with Gasteiger partial charge >= 0.3 is 0 Å². The third-order valence-corrected chi connectivity index (χ3v) is 1.77. The molecule has 0 aliphatic heterocycles. The molecule has 0 bridgehead atoms. The molecule has 1 heterocycles. The molecular formula is C9H14N2O2. The van der Waals surface area contributed by atoms with E-state index in [1.165, 1.54) is 6.33 Å². The van der Waals surface area contributed by atoms with Crippen molar-refractivity contribution >= 4 is 0 Å². The minimum absolute atomic E-state index is 0.502. The maximum Gasteiger partial charge on any atom is 0.115 e. The zero-order valence-electron chi connectivity index (χ0n) is 7.68. The van der Waals surface area contributed by atoms with Crippen LogP contribution in [0.1, 0.15) is 24.6 Å². The molecule has 1 aromatic heterocycles. The second-order valence-corrected chi connectivity index (χ2v) is 2.79. The summed E-state index contributed by atoms with van der Waals surface area (Å²) in [6.07, 6.45) is 4.07. The molecule has 13 heavy (non-hydrogen) atoms. The number of ether oxygens (including phenoxy) is 1. The highest BCUT2D eigenvalue weighted by molar-refractivity contribution is 5.01. The van der Waals surface area contributed by atoms with Gasteiger partial charge < -0.3 is 9.84 Å². The van der Waals surface area contributed by atoms with E-state index in [0.717, 1.165) is 6.42 Å². The van der Waals surface area contributed by atoms with Gasteiger partial charge in [-0.25, -0.2) is 9.97 Å². The molecule has 0 aromatic carbocycles. The maximum atomic E-state index is 9.60. The van der Waals surface area contributed by atoms with Crippen LogP contribution in [0.5, 0.6) is 0 Å². The Labute approximate surface area is 77.6 Å². The standard InChI is InChI=1S/C9H14N2O2/c1-13-6-2-3-9(12)8-4-5-10-7-11-8/h4-5,7,9,12H,2-3,6H2,1H3. The summed E-state index contributed by atoms with van der Waals surface area (Å²) in [4.78, 5) is 7.73. The Morgan fingerprint density at radius 2 is 2.46 bits per heavy atom. The van der Waals surface area contributed by atoms with Crippen molar-refractivity contribution in [3.63, 3.8) is 0 Å². The van der Waals surface area contributed by atoms with Crippen molar-refractivity contribution in [2.24, 2.45) is 0 Å². The molecule has 0 spiro atoms. The maximum absolute atomic E-state index is 9.60. The predicted octanol–water partition coefficient (Wildman–Crippen LogP) is 0.937. The first-order valence-electron chi connectivity index (χ1n) is 4.27. The number of aliphatic hydroxyl groups is 1. The summed E-state index contributed by atoms with van der Waals surface area (Å²) in [5.74, 6) is 0. The Morgan fingerprint density at radius 1 is 1.62 bits per heavy atom. The van der Waals surface area contributed by atoms with Gasteiger partial charge in [0.25, 0.3) is 0 Å². The fourth-order valence-electron chi connectivity index (χ4n) is 1.07. The molecule has 0 aliphatic carbocycles. The van der Waals surface area contributed by atoms with E-state index in [0.29, 0.717) is 18.7 Å². The molecule has 0 aliphatic rings. The van der Waals surface area contributed by atoms with Gasteiger partial charge in [0.1, 0.15) is 6.33 Å². The van der Waals surface area contributed by atoms with Crippen molar-refractivity contribution in [3.8, 4) is 0 Å². The van der Waals surface area contributed by atoms with Crippen molar-refractivity contribution in [1.29, 1.82) is 0 Å². The number of methoxy groups -OCH3 is 1. The summed E-state index contributed by atoms with van der Waals surface area (Å²) in [7, 11) is 1.65. The highest BCUT2D eigenvalue weighted by Crippen LogP contribution is 2.14. The van der Waals surface area contributed by atoms with Crippen LogP contribution in [-0.2, 0) is 4.74 Å². The summed E-state index contributed by atoms with van der Waals surface area (Å²) in [5, 5.41) is 9.60. The average Bonchev–Trinajstić information content (AvgIpc) is 2.19. The zero-order chi connectivity index (χ0) is 9.52. The first-order chi connectivity index (χ1) is 6.34. The van der Waals surface area contributed by atoms with E-state index in [-0.39, 0.29) is 0 Å².